The van der Waals surface area contributed by atoms with Crippen molar-refractivity contribution in [1.29, 1.82) is 0 Å². The molecule has 0 unspecified atom stereocenters. The molecule has 7 heteroatoms. The molecule has 0 aliphatic carbocycles. The summed E-state index contributed by atoms with van der Waals surface area (Å²) < 4.78 is 17.1. The van der Waals surface area contributed by atoms with Gasteiger partial charge in [0.1, 0.15) is 0 Å². The quantitative estimate of drug-likeness (QED) is 0.490. The summed E-state index contributed by atoms with van der Waals surface area (Å²) in [5, 5.41) is 2.57. The van der Waals surface area contributed by atoms with Gasteiger partial charge in [-0.25, -0.2) is 4.79 Å². The van der Waals surface area contributed by atoms with Crippen molar-refractivity contribution in [3.63, 3.8) is 0 Å². The smallest absolute Gasteiger partial charge is 0.441 e. The molecule has 1 heterocycles. The molecule has 0 radical (unpaired) electrons. The van der Waals surface area contributed by atoms with E-state index >= 15 is 0 Å². The lowest BCUT2D eigenvalue weighted by Crippen LogP contribution is -2.41. The van der Waals surface area contributed by atoms with Crippen LogP contribution in [0.25, 0.3) is 0 Å². The Morgan fingerprint density at radius 2 is 1.46 bits per heavy atom. The number of rotatable bonds is 5. The SMILES string of the molecule is CC1(C)OB(c2ccc(C(=O)NCOC(=O)c3ccccc3)cc2)OC1(C)C. The fourth-order valence-electron chi connectivity index (χ4n) is 2.70. The third-order valence-electron chi connectivity index (χ3n) is 5.14. The van der Waals surface area contributed by atoms with Crippen LogP contribution in [-0.2, 0) is 14.0 Å². The topological polar surface area (TPSA) is 73.9 Å². The molecule has 2 aromatic carbocycles. The average molecular weight is 381 g/mol. The zero-order valence-electron chi connectivity index (χ0n) is 16.5. The Morgan fingerprint density at radius 1 is 0.893 bits per heavy atom. The lowest BCUT2D eigenvalue weighted by atomic mass is 9.79. The van der Waals surface area contributed by atoms with Crippen LogP contribution in [0.4, 0.5) is 0 Å². The van der Waals surface area contributed by atoms with Crippen LogP contribution in [0.5, 0.6) is 0 Å². The second-order valence-electron chi connectivity index (χ2n) is 7.66. The van der Waals surface area contributed by atoms with Crippen LogP contribution < -0.4 is 10.8 Å². The van der Waals surface area contributed by atoms with Gasteiger partial charge in [0, 0.05) is 5.56 Å². The first-order chi connectivity index (χ1) is 13.2. The fraction of sp³-hybridized carbons (Fsp3) is 0.333. The minimum absolute atomic E-state index is 0.203. The molecule has 0 spiro atoms. The van der Waals surface area contributed by atoms with Gasteiger partial charge in [-0.2, -0.15) is 0 Å². The van der Waals surface area contributed by atoms with E-state index in [1.807, 2.05) is 33.8 Å². The van der Waals surface area contributed by atoms with Gasteiger partial charge in [0.05, 0.1) is 16.8 Å². The molecule has 0 atom stereocenters. The highest BCUT2D eigenvalue weighted by Crippen LogP contribution is 2.36. The first-order valence-electron chi connectivity index (χ1n) is 9.15. The molecule has 1 aliphatic heterocycles. The lowest BCUT2D eigenvalue weighted by Gasteiger charge is -2.32. The van der Waals surface area contributed by atoms with E-state index in [9.17, 15) is 9.59 Å². The molecular weight excluding hydrogens is 357 g/mol. The predicted molar refractivity (Wildman–Crippen MR) is 106 cm³/mol. The number of hydrogen-bond donors (Lipinski definition) is 1. The van der Waals surface area contributed by atoms with Crippen molar-refractivity contribution in [2.24, 2.45) is 0 Å². The lowest BCUT2D eigenvalue weighted by molar-refractivity contribution is 0.00578. The Labute approximate surface area is 165 Å². The summed E-state index contributed by atoms with van der Waals surface area (Å²) in [7, 11) is -0.478. The van der Waals surface area contributed by atoms with Gasteiger partial charge >= 0.3 is 13.1 Å². The molecule has 146 valence electrons. The highest BCUT2D eigenvalue weighted by Gasteiger charge is 2.51. The molecule has 1 N–H and O–H groups in total. The minimum Gasteiger partial charge on any atom is -0.441 e. The summed E-state index contributed by atoms with van der Waals surface area (Å²) >= 11 is 0. The second kappa shape index (κ2) is 7.77. The summed E-state index contributed by atoms with van der Waals surface area (Å²) in [6.45, 7) is 7.76. The maximum atomic E-state index is 12.2. The van der Waals surface area contributed by atoms with Gasteiger partial charge in [-0.3, -0.25) is 4.79 Å². The van der Waals surface area contributed by atoms with E-state index < -0.39 is 24.3 Å². The highest BCUT2D eigenvalue weighted by atomic mass is 16.7. The number of ether oxygens (including phenoxy) is 1. The Balaban J connectivity index is 1.54. The molecule has 1 aliphatic rings. The maximum Gasteiger partial charge on any atom is 0.494 e. The molecule has 28 heavy (non-hydrogen) atoms. The van der Waals surface area contributed by atoms with Crippen molar-refractivity contribution >= 4 is 24.5 Å². The summed E-state index contributed by atoms with van der Waals surface area (Å²) in [5.41, 5.74) is 0.886. The van der Waals surface area contributed by atoms with Gasteiger partial charge in [0.15, 0.2) is 6.73 Å². The van der Waals surface area contributed by atoms with Crippen LogP contribution >= 0.6 is 0 Å². The molecule has 1 saturated heterocycles. The predicted octanol–water partition coefficient (Wildman–Crippen LogP) is 2.53. The monoisotopic (exact) mass is 381 g/mol. The van der Waals surface area contributed by atoms with Crippen molar-refractivity contribution in [2.45, 2.75) is 38.9 Å². The summed E-state index contributed by atoms with van der Waals surface area (Å²) in [6.07, 6.45) is 0. The second-order valence-corrected chi connectivity index (χ2v) is 7.66. The van der Waals surface area contributed by atoms with Crippen molar-refractivity contribution in [3.8, 4) is 0 Å². The number of hydrogen-bond acceptors (Lipinski definition) is 5. The van der Waals surface area contributed by atoms with Crippen LogP contribution in [-0.4, -0.2) is 36.9 Å². The molecule has 2 aromatic rings. The number of carbonyl (C=O) groups is 2. The van der Waals surface area contributed by atoms with Crippen LogP contribution in [0.1, 0.15) is 48.4 Å². The third-order valence-corrected chi connectivity index (χ3v) is 5.14. The van der Waals surface area contributed by atoms with E-state index in [-0.39, 0.29) is 12.6 Å². The van der Waals surface area contributed by atoms with Crippen molar-refractivity contribution in [3.05, 3.63) is 65.7 Å². The Bertz CT molecular complexity index is 833. The molecule has 0 saturated carbocycles. The zero-order valence-corrected chi connectivity index (χ0v) is 16.5. The number of benzene rings is 2. The largest absolute Gasteiger partial charge is 0.494 e. The van der Waals surface area contributed by atoms with E-state index in [0.717, 1.165) is 5.46 Å². The minimum atomic E-state index is -0.489. The van der Waals surface area contributed by atoms with Crippen LogP contribution in [0, 0.1) is 0 Å². The molecular formula is C21H24BNO5. The number of carbonyl (C=O) groups excluding carboxylic acids is 2. The zero-order chi connectivity index (χ0) is 20.4. The molecule has 1 amide bonds. The van der Waals surface area contributed by atoms with E-state index in [1.54, 1.807) is 48.5 Å². The van der Waals surface area contributed by atoms with Gasteiger partial charge in [0.25, 0.3) is 5.91 Å². The molecule has 0 aromatic heterocycles. The van der Waals surface area contributed by atoms with Gasteiger partial charge < -0.3 is 19.4 Å². The first-order valence-corrected chi connectivity index (χ1v) is 9.15. The molecule has 0 bridgehead atoms. The Kier molecular flexibility index (Phi) is 5.58. The van der Waals surface area contributed by atoms with E-state index in [0.29, 0.717) is 11.1 Å². The average Bonchev–Trinajstić information content (AvgIpc) is 2.89. The normalized spacial score (nSPS) is 17.2. The van der Waals surface area contributed by atoms with Crippen molar-refractivity contribution in [1.82, 2.24) is 5.32 Å². The number of esters is 1. The standard InChI is InChI=1S/C21H24BNO5/c1-20(2)21(3,4)28-22(27-20)17-12-10-15(11-13-17)18(24)23-14-26-19(25)16-8-6-5-7-9-16/h5-13H,14H2,1-4H3,(H,23,24). The van der Waals surface area contributed by atoms with Crippen molar-refractivity contribution < 1.29 is 23.6 Å². The van der Waals surface area contributed by atoms with E-state index in [1.165, 1.54) is 0 Å². The third kappa shape index (κ3) is 4.26. The van der Waals surface area contributed by atoms with Crippen LogP contribution in [0.15, 0.2) is 54.6 Å². The number of nitrogens with one attached hydrogen (secondary N) is 1. The van der Waals surface area contributed by atoms with E-state index in [4.69, 9.17) is 14.0 Å². The first kappa shape index (κ1) is 20.1. The van der Waals surface area contributed by atoms with E-state index in [2.05, 4.69) is 5.32 Å². The Morgan fingerprint density at radius 3 is 2.04 bits per heavy atom. The van der Waals surface area contributed by atoms with Crippen LogP contribution in [0.3, 0.4) is 0 Å². The summed E-state index contributed by atoms with van der Waals surface area (Å²) in [5.74, 6) is -0.821. The van der Waals surface area contributed by atoms with Crippen LogP contribution in [0.2, 0.25) is 0 Å². The molecule has 1 fully saturated rings. The van der Waals surface area contributed by atoms with Gasteiger partial charge in [0.2, 0.25) is 0 Å². The fourth-order valence-corrected chi connectivity index (χ4v) is 2.70. The maximum absolute atomic E-state index is 12.2. The summed E-state index contributed by atoms with van der Waals surface area (Å²) in [6, 6.07) is 15.6. The van der Waals surface area contributed by atoms with Crippen molar-refractivity contribution in [2.75, 3.05) is 6.73 Å². The summed E-state index contributed by atoms with van der Waals surface area (Å²) in [4.78, 5) is 24.1. The van der Waals surface area contributed by atoms with Gasteiger partial charge in [-0.15, -0.1) is 0 Å². The highest BCUT2D eigenvalue weighted by molar-refractivity contribution is 6.62. The Hall–Kier alpha value is -2.64. The number of amides is 1. The molecule has 6 nitrogen and oxygen atoms in total. The van der Waals surface area contributed by atoms with Gasteiger partial charge in [-0.05, 0) is 57.4 Å². The molecule has 3 rings (SSSR count). The van der Waals surface area contributed by atoms with Gasteiger partial charge in [-0.1, -0.05) is 30.3 Å².